The molecule has 0 aromatic rings. The largest absolute Gasteiger partial charge is 0.395 e. The Morgan fingerprint density at radius 2 is 1.62 bits per heavy atom. The normalized spacial score (nSPS) is 30.9. The van der Waals surface area contributed by atoms with Crippen molar-refractivity contribution in [1.82, 2.24) is 4.90 Å². The molecule has 96 valence electrons. The van der Waals surface area contributed by atoms with Crippen molar-refractivity contribution in [1.29, 1.82) is 0 Å². The molecular formula is C12H25NO3. The van der Waals surface area contributed by atoms with Crippen LogP contribution >= 0.6 is 0 Å². The summed E-state index contributed by atoms with van der Waals surface area (Å²) in [4.78, 5) is 1.94. The van der Waals surface area contributed by atoms with E-state index >= 15 is 0 Å². The van der Waals surface area contributed by atoms with Crippen molar-refractivity contribution in [2.75, 3.05) is 32.8 Å². The second-order valence-corrected chi connectivity index (χ2v) is 5.13. The molecule has 1 aliphatic rings. The van der Waals surface area contributed by atoms with Gasteiger partial charge in [-0.15, -0.1) is 0 Å². The molecule has 1 fully saturated rings. The third kappa shape index (κ3) is 4.37. The topological polar surface area (TPSA) is 63.9 Å². The molecule has 0 atom stereocenters. The molecule has 0 heterocycles. The number of rotatable bonds is 6. The fourth-order valence-electron chi connectivity index (χ4n) is 2.43. The van der Waals surface area contributed by atoms with E-state index in [0.29, 0.717) is 25.6 Å². The SMILES string of the molecule is CC1CCC(O)(CN(CCO)CCO)CC1. The van der Waals surface area contributed by atoms with Gasteiger partial charge in [0.15, 0.2) is 0 Å². The molecule has 4 heteroatoms. The van der Waals surface area contributed by atoms with Crippen LogP contribution in [0.1, 0.15) is 32.6 Å². The van der Waals surface area contributed by atoms with Crippen molar-refractivity contribution in [3.63, 3.8) is 0 Å². The van der Waals surface area contributed by atoms with E-state index in [2.05, 4.69) is 6.92 Å². The van der Waals surface area contributed by atoms with Gasteiger partial charge in [-0.2, -0.15) is 0 Å². The Morgan fingerprint density at radius 1 is 1.12 bits per heavy atom. The molecule has 0 aliphatic heterocycles. The molecule has 0 amide bonds. The first-order chi connectivity index (χ1) is 7.59. The fraction of sp³-hybridized carbons (Fsp3) is 1.00. The average molecular weight is 231 g/mol. The lowest BCUT2D eigenvalue weighted by molar-refractivity contribution is -0.0395. The number of aliphatic hydroxyl groups excluding tert-OH is 2. The third-order valence-corrected chi connectivity index (χ3v) is 3.56. The van der Waals surface area contributed by atoms with Gasteiger partial charge in [0.2, 0.25) is 0 Å². The van der Waals surface area contributed by atoms with Crippen LogP contribution < -0.4 is 0 Å². The predicted molar refractivity (Wildman–Crippen MR) is 63.2 cm³/mol. The maximum Gasteiger partial charge on any atom is 0.0774 e. The first-order valence-corrected chi connectivity index (χ1v) is 6.26. The van der Waals surface area contributed by atoms with E-state index in [1.165, 1.54) is 0 Å². The summed E-state index contributed by atoms with van der Waals surface area (Å²) in [5.41, 5.74) is -0.614. The van der Waals surface area contributed by atoms with Gasteiger partial charge in [0.05, 0.1) is 18.8 Å². The van der Waals surface area contributed by atoms with Gasteiger partial charge in [-0.05, 0) is 31.6 Å². The highest BCUT2D eigenvalue weighted by Gasteiger charge is 2.33. The Kier molecular flexibility index (Phi) is 5.69. The highest BCUT2D eigenvalue weighted by molar-refractivity contribution is 4.87. The molecule has 0 saturated heterocycles. The van der Waals surface area contributed by atoms with E-state index in [9.17, 15) is 5.11 Å². The minimum absolute atomic E-state index is 0.0759. The first kappa shape index (κ1) is 13.9. The molecule has 0 bridgehead atoms. The molecule has 3 N–H and O–H groups in total. The molecule has 0 unspecified atom stereocenters. The summed E-state index contributed by atoms with van der Waals surface area (Å²) in [6, 6.07) is 0. The molecule has 0 spiro atoms. The van der Waals surface area contributed by atoms with Gasteiger partial charge >= 0.3 is 0 Å². The van der Waals surface area contributed by atoms with Crippen LogP contribution in [0.15, 0.2) is 0 Å². The van der Waals surface area contributed by atoms with Crippen LogP contribution in [0.5, 0.6) is 0 Å². The lowest BCUT2D eigenvalue weighted by atomic mass is 9.79. The molecule has 0 radical (unpaired) electrons. The first-order valence-electron chi connectivity index (χ1n) is 6.26. The summed E-state index contributed by atoms with van der Waals surface area (Å²) in [5.74, 6) is 0.712. The summed E-state index contributed by atoms with van der Waals surface area (Å²) in [5, 5.41) is 28.2. The summed E-state index contributed by atoms with van der Waals surface area (Å²) in [6.07, 6.45) is 3.81. The Morgan fingerprint density at radius 3 is 2.06 bits per heavy atom. The van der Waals surface area contributed by atoms with Gasteiger partial charge in [0.1, 0.15) is 0 Å². The van der Waals surface area contributed by atoms with Gasteiger partial charge in [-0.25, -0.2) is 0 Å². The zero-order valence-electron chi connectivity index (χ0n) is 10.2. The van der Waals surface area contributed by atoms with E-state index < -0.39 is 5.60 Å². The number of nitrogens with zero attached hydrogens (tertiary/aromatic N) is 1. The summed E-state index contributed by atoms with van der Waals surface area (Å²) in [6.45, 7) is 4.00. The minimum Gasteiger partial charge on any atom is -0.395 e. The maximum absolute atomic E-state index is 10.4. The highest BCUT2D eigenvalue weighted by atomic mass is 16.3. The van der Waals surface area contributed by atoms with Gasteiger partial charge in [0.25, 0.3) is 0 Å². The number of aliphatic hydroxyl groups is 3. The summed E-state index contributed by atoms with van der Waals surface area (Å²) in [7, 11) is 0. The lowest BCUT2D eigenvalue weighted by Gasteiger charge is -2.38. The van der Waals surface area contributed by atoms with Crippen LogP contribution in [0.2, 0.25) is 0 Å². The van der Waals surface area contributed by atoms with Crippen LogP contribution in [0.4, 0.5) is 0 Å². The maximum atomic E-state index is 10.4. The second kappa shape index (κ2) is 6.55. The Bertz CT molecular complexity index is 185. The van der Waals surface area contributed by atoms with Crippen molar-refractivity contribution in [3.05, 3.63) is 0 Å². The summed E-state index contributed by atoms with van der Waals surface area (Å²) < 4.78 is 0. The van der Waals surface area contributed by atoms with E-state index in [0.717, 1.165) is 25.7 Å². The van der Waals surface area contributed by atoms with E-state index in [-0.39, 0.29) is 13.2 Å². The molecule has 1 rings (SSSR count). The van der Waals surface area contributed by atoms with Crippen LogP contribution in [-0.2, 0) is 0 Å². The van der Waals surface area contributed by atoms with Crippen molar-refractivity contribution in [3.8, 4) is 0 Å². The molecule has 16 heavy (non-hydrogen) atoms. The summed E-state index contributed by atoms with van der Waals surface area (Å²) >= 11 is 0. The number of hydrogen-bond donors (Lipinski definition) is 3. The molecule has 0 aromatic heterocycles. The lowest BCUT2D eigenvalue weighted by Crippen LogP contribution is -2.47. The van der Waals surface area contributed by atoms with Crippen molar-refractivity contribution in [2.45, 2.75) is 38.2 Å². The Balaban J connectivity index is 2.42. The van der Waals surface area contributed by atoms with Crippen molar-refractivity contribution in [2.24, 2.45) is 5.92 Å². The molecular weight excluding hydrogens is 206 g/mol. The van der Waals surface area contributed by atoms with E-state index in [1.807, 2.05) is 4.90 Å². The fourth-order valence-corrected chi connectivity index (χ4v) is 2.43. The standard InChI is InChI=1S/C12H25NO3/c1-11-2-4-12(16,5-3-11)10-13(6-8-14)7-9-15/h11,14-16H,2-10H2,1H3. The van der Waals surface area contributed by atoms with Crippen LogP contribution in [-0.4, -0.2) is 58.7 Å². The second-order valence-electron chi connectivity index (χ2n) is 5.13. The Labute approximate surface area is 97.9 Å². The quantitative estimate of drug-likeness (QED) is 0.611. The van der Waals surface area contributed by atoms with Crippen LogP contribution in [0.25, 0.3) is 0 Å². The van der Waals surface area contributed by atoms with Crippen LogP contribution in [0.3, 0.4) is 0 Å². The van der Waals surface area contributed by atoms with Crippen molar-refractivity contribution < 1.29 is 15.3 Å². The van der Waals surface area contributed by atoms with Gasteiger partial charge in [-0.1, -0.05) is 6.92 Å². The zero-order chi connectivity index (χ0) is 12.0. The minimum atomic E-state index is -0.614. The van der Waals surface area contributed by atoms with Crippen molar-refractivity contribution >= 4 is 0 Å². The molecule has 4 nitrogen and oxygen atoms in total. The average Bonchev–Trinajstić information content (AvgIpc) is 2.24. The smallest absolute Gasteiger partial charge is 0.0774 e. The monoisotopic (exact) mass is 231 g/mol. The predicted octanol–water partition coefficient (Wildman–Crippen LogP) is 0.214. The Hall–Kier alpha value is -0.160. The zero-order valence-corrected chi connectivity index (χ0v) is 10.2. The molecule has 1 saturated carbocycles. The van der Waals surface area contributed by atoms with Crippen LogP contribution in [0, 0.1) is 5.92 Å². The van der Waals surface area contributed by atoms with Gasteiger partial charge < -0.3 is 15.3 Å². The third-order valence-electron chi connectivity index (χ3n) is 3.56. The van der Waals surface area contributed by atoms with Gasteiger partial charge in [0, 0.05) is 19.6 Å². The highest BCUT2D eigenvalue weighted by Crippen LogP contribution is 2.32. The van der Waals surface area contributed by atoms with Gasteiger partial charge in [-0.3, -0.25) is 4.90 Å². The van der Waals surface area contributed by atoms with E-state index in [4.69, 9.17) is 10.2 Å². The van der Waals surface area contributed by atoms with E-state index in [1.54, 1.807) is 0 Å². The number of hydrogen-bond acceptors (Lipinski definition) is 4. The molecule has 1 aliphatic carbocycles. The molecule has 0 aromatic carbocycles.